The van der Waals surface area contributed by atoms with Gasteiger partial charge in [0.15, 0.2) is 5.82 Å². The minimum atomic E-state index is -0.430. The van der Waals surface area contributed by atoms with Crippen molar-refractivity contribution in [1.29, 1.82) is 0 Å². The molecule has 0 saturated carbocycles. The maximum Gasteiger partial charge on any atom is 0.410 e. The Kier molecular flexibility index (Phi) is 3.47. The summed E-state index contributed by atoms with van der Waals surface area (Å²) in [5.74, 6) is 1.93. The molecule has 2 atom stereocenters. The lowest BCUT2D eigenvalue weighted by molar-refractivity contribution is 0.0282. The topological polar surface area (TPSA) is 58.6 Å². The van der Waals surface area contributed by atoms with E-state index in [1.54, 1.807) is 6.20 Å². The van der Waals surface area contributed by atoms with Crippen molar-refractivity contribution < 1.29 is 9.53 Å². The fourth-order valence-corrected chi connectivity index (χ4v) is 3.12. The van der Waals surface area contributed by atoms with Crippen LogP contribution in [0.1, 0.15) is 20.8 Å². The minimum absolute atomic E-state index is 0.192. The van der Waals surface area contributed by atoms with Gasteiger partial charge in [0.25, 0.3) is 0 Å². The molecule has 1 amide bonds. The summed E-state index contributed by atoms with van der Waals surface area (Å²) in [5.41, 5.74) is -0.430. The number of hydrogen-bond donors (Lipinski definition) is 0. The van der Waals surface area contributed by atoms with E-state index in [4.69, 9.17) is 4.74 Å². The van der Waals surface area contributed by atoms with Crippen molar-refractivity contribution in [2.24, 2.45) is 11.8 Å². The molecule has 1 aromatic rings. The van der Waals surface area contributed by atoms with Gasteiger partial charge in [-0.2, -0.15) is 5.10 Å². The van der Waals surface area contributed by atoms with Gasteiger partial charge in [0.2, 0.25) is 0 Å². The molecule has 0 spiro atoms. The number of likely N-dealkylation sites (tertiary alicyclic amines) is 1. The van der Waals surface area contributed by atoms with Crippen LogP contribution in [-0.2, 0) is 4.74 Å². The summed E-state index contributed by atoms with van der Waals surface area (Å²) >= 11 is 0. The normalized spacial score (nSPS) is 25.1. The van der Waals surface area contributed by atoms with Crippen LogP contribution < -0.4 is 4.90 Å². The van der Waals surface area contributed by atoms with Crippen LogP contribution in [0.5, 0.6) is 0 Å². The highest BCUT2D eigenvalue weighted by atomic mass is 16.6. The zero-order chi connectivity index (χ0) is 15.0. The second kappa shape index (κ2) is 5.16. The molecule has 6 heteroatoms. The average molecular weight is 290 g/mol. The van der Waals surface area contributed by atoms with Crippen LogP contribution in [0.2, 0.25) is 0 Å². The van der Waals surface area contributed by atoms with E-state index in [9.17, 15) is 4.79 Å². The number of ether oxygens (including phenoxy) is 1. The summed E-state index contributed by atoms with van der Waals surface area (Å²) in [6.45, 7) is 9.12. The van der Waals surface area contributed by atoms with E-state index < -0.39 is 5.60 Å². The van der Waals surface area contributed by atoms with Crippen LogP contribution in [0.25, 0.3) is 0 Å². The molecular formula is C15H22N4O2. The van der Waals surface area contributed by atoms with Crippen molar-refractivity contribution in [3.05, 3.63) is 18.3 Å². The molecule has 0 aliphatic carbocycles. The SMILES string of the molecule is CC(C)(C)OC(=O)N1CC2CN(c3cccnn3)CC2C1. The second-order valence-electron chi connectivity index (χ2n) is 6.89. The lowest BCUT2D eigenvalue weighted by atomic mass is 10.0. The van der Waals surface area contributed by atoms with E-state index in [0.29, 0.717) is 11.8 Å². The number of anilines is 1. The molecule has 21 heavy (non-hydrogen) atoms. The number of rotatable bonds is 1. The fourth-order valence-electron chi connectivity index (χ4n) is 3.12. The summed E-state index contributed by atoms with van der Waals surface area (Å²) < 4.78 is 5.45. The molecule has 2 aliphatic heterocycles. The first-order valence-electron chi connectivity index (χ1n) is 7.43. The van der Waals surface area contributed by atoms with Crippen molar-refractivity contribution in [2.45, 2.75) is 26.4 Å². The minimum Gasteiger partial charge on any atom is -0.444 e. The van der Waals surface area contributed by atoms with Gasteiger partial charge in [0, 0.05) is 44.2 Å². The van der Waals surface area contributed by atoms with E-state index in [2.05, 4.69) is 15.1 Å². The van der Waals surface area contributed by atoms with Crippen LogP contribution in [0, 0.1) is 11.8 Å². The Morgan fingerprint density at radius 2 is 1.90 bits per heavy atom. The van der Waals surface area contributed by atoms with Crippen molar-refractivity contribution in [3.8, 4) is 0 Å². The van der Waals surface area contributed by atoms with Gasteiger partial charge in [0.05, 0.1) is 0 Å². The van der Waals surface area contributed by atoms with Crippen LogP contribution >= 0.6 is 0 Å². The molecule has 3 heterocycles. The third-order valence-corrected chi connectivity index (χ3v) is 4.02. The summed E-state index contributed by atoms with van der Waals surface area (Å²) in [7, 11) is 0. The second-order valence-corrected chi connectivity index (χ2v) is 6.89. The quantitative estimate of drug-likeness (QED) is 0.789. The molecule has 6 nitrogen and oxygen atoms in total. The van der Waals surface area contributed by atoms with Crippen molar-refractivity contribution >= 4 is 11.9 Å². The van der Waals surface area contributed by atoms with E-state index in [0.717, 1.165) is 32.0 Å². The summed E-state index contributed by atoms with van der Waals surface area (Å²) in [6.07, 6.45) is 1.49. The van der Waals surface area contributed by atoms with E-state index in [1.807, 2.05) is 37.8 Å². The maximum atomic E-state index is 12.1. The first-order valence-corrected chi connectivity index (χ1v) is 7.43. The molecule has 2 saturated heterocycles. The number of carbonyl (C=O) groups is 1. The highest BCUT2D eigenvalue weighted by Crippen LogP contribution is 2.33. The highest BCUT2D eigenvalue weighted by molar-refractivity contribution is 5.68. The van der Waals surface area contributed by atoms with Gasteiger partial charge in [-0.05, 0) is 32.9 Å². The average Bonchev–Trinajstić information content (AvgIpc) is 2.95. The number of fused-ring (bicyclic) bond motifs is 1. The molecule has 2 aliphatic rings. The predicted octanol–water partition coefficient (Wildman–Crippen LogP) is 1.78. The Bertz CT molecular complexity index is 500. The van der Waals surface area contributed by atoms with E-state index >= 15 is 0 Å². The van der Waals surface area contributed by atoms with Gasteiger partial charge in [-0.3, -0.25) is 0 Å². The van der Waals surface area contributed by atoms with Gasteiger partial charge in [-0.1, -0.05) is 0 Å². The smallest absolute Gasteiger partial charge is 0.410 e. The van der Waals surface area contributed by atoms with Gasteiger partial charge < -0.3 is 14.5 Å². The first kappa shape index (κ1) is 14.1. The predicted molar refractivity (Wildman–Crippen MR) is 79.0 cm³/mol. The lowest BCUT2D eigenvalue weighted by Gasteiger charge is -2.26. The van der Waals surface area contributed by atoms with Crippen LogP contribution in [-0.4, -0.2) is 53.0 Å². The Labute approximate surface area is 125 Å². The van der Waals surface area contributed by atoms with Crippen molar-refractivity contribution in [2.75, 3.05) is 31.1 Å². The van der Waals surface area contributed by atoms with Gasteiger partial charge in [-0.25, -0.2) is 4.79 Å². The van der Waals surface area contributed by atoms with E-state index in [-0.39, 0.29) is 6.09 Å². The summed E-state index contributed by atoms with van der Waals surface area (Å²) in [5, 5.41) is 8.09. The Balaban J connectivity index is 1.58. The highest BCUT2D eigenvalue weighted by Gasteiger charge is 2.43. The van der Waals surface area contributed by atoms with E-state index in [1.165, 1.54) is 0 Å². The fraction of sp³-hybridized carbons (Fsp3) is 0.667. The van der Waals surface area contributed by atoms with Crippen LogP contribution in [0.3, 0.4) is 0 Å². The zero-order valence-corrected chi connectivity index (χ0v) is 12.8. The van der Waals surface area contributed by atoms with Crippen molar-refractivity contribution in [1.82, 2.24) is 15.1 Å². The number of hydrogen-bond acceptors (Lipinski definition) is 5. The molecule has 0 aromatic carbocycles. The molecular weight excluding hydrogens is 268 g/mol. The molecule has 1 aromatic heterocycles. The third kappa shape index (κ3) is 3.09. The summed E-state index contributed by atoms with van der Waals surface area (Å²) in [4.78, 5) is 16.2. The number of aromatic nitrogens is 2. The number of amides is 1. The molecule has 3 rings (SSSR count). The van der Waals surface area contributed by atoms with Crippen LogP contribution in [0.15, 0.2) is 18.3 Å². The standard InChI is InChI=1S/C15H22N4O2/c1-15(2,3)21-14(20)19-9-11-7-18(8-12(11)10-19)13-5-4-6-16-17-13/h4-6,11-12H,7-10H2,1-3H3. The Morgan fingerprint density at radius 1 is 1.24 bits per heavy atom. The van der Waals surface area contributed by atoms with Gasteiger partial charge in [0.1, 0.15) is 5.60 Å². The Morgan fingerprint density at radius 3 is 2.43 bits per heavy atom. The van der Waals surface area contributed by atoms with Crippen LogP contribution in [0.4, 0.5) is 10.6 Å². The molecule has 2 fully saturated rings. The third-order valence-electron chi connectivity index (χ3n) is 4.02. The molecule has 0 radical (unpaired) electrons. The molecule has 114 valence electrons. The molecule has 2 unspecified atom stereocenters. The lowest BCUT2D eigenvalue weighted by Crippen LogP contribution is -2.37. The van der Waals surface area contributed by atoms with Gasteiger partial charge in [-0.15, -0.1) is 5.10 Å². The first-order chi connectivity index (χ1) is 9.92. The molecule has 0 N–H and O–H groups in total. The number of nitrogens with zero attached hydrogens (tertiary/aromatic N) is 4. The summed E-state index contributed by atoms with van der Waals surface area (Å²) in [6, 6.07) is 3.89. The van der Waals surface area contributed by atoms with Gasteiger partial charge >= 0.3 is 6.09 Å². The largest absolute Gasteiger partial charge is 0.444 e. The van der Waals surface area contributed by atoms with Crippen molar-refractivity contribution in [3.63, 3.8) is 0 Å². The number of carbonyl (C=O) groups excluding carboxylic acids is 1. The maximum absolute atomic E-state index is 12.1. The molecule has 0 bridgehead atoms. The monoisotopic (exact) mass is 290 g/mol. The zero-order valence-electron chi connectivity index (χ0n) is 12.8. The Hall–Kier alpha value is -1.85.